The van der Waals surface area contributed by atoms with Gasteiger partial charge in [0.1, 0.15) is 24.3 Å². The molecule has 2 aromatic heterocycles. The van der Waals surface area contributed by atoms with Gasteiger partial charge < -0.3 is 13.9 Å². The van der Waals surface area contributed by atoms with Crippen molar-refractivity contribution in [1.82, 2.24) is 24.8 Å². The maximum atomic E-state index is 12.2. The summed E-state index contributed by atoms with van der Waals surface area (Å²) in [5, 5.41) is 7.68. The predicted molar refractivity (Wildman–Crippen MR) is 104 cm³/mol. The Balaban J connectivity index is 1.60. The zero-order chi connectivity index (χ0) is 20.4. The lowest BCUT2D eigenvalue weighted by molar-refractivity contribution is 0.219. The third-order valence-corrected chi connectivity index (χ3v) is 4.54. The Hall–Kier alpha value is -3.88. The normalized spacial score (nSPS) is 10.9. The van der Waals surface area contributed by atoms with Crippen LogP contribution in [0.3, 0.4) is 0 Å². The van der Waals surface area contributed by atoms with Crippen molar-refractivity contribution in [3.05, 3.63) is 70.3 Å². The van der Waals surface area contributed by atoms with Crippen LogP contribution >= 0.6 is 0 Å². The third-order valence-electron chi connectivity index (χ3n) is 4.54. The number of benzene rings is 2. The number of hydrogen-bond donors (Lipinski definition) is 0. The first-order valence-electron chi connectivity index (χ1n) is 8.88. The first-order chi connectivity index (χ1) is 14.1. The predicted octanol–water partition coefficient (Wildman–Crippen LogP) is 2.52. The lowest BCUT2D eigenvalue weighted by Crippen LogP contribution is -2.23. The number of para-hydroxylation sites is 1. The Labute approximate surface area is 166 Å². The number of nitrogens with zero attached hydrogens (tertiary/aromatic N) is 5. The molecule has 0 fully saturated rings. The number of aromatic nitrogens is 5. The molecular weight excluding hydrogens is 374 g/mol. The van der Waals surface area contributed by atoms with Crippen LogP contribution in [0.15, 0.2) is 57.9 Å². The molecule has 0 aliphatic heterocycles. The van der Waals surface area contributed by atoms with E-state index in [9.17, 15) is 4.79 Å². The molecule has 0 atom stereocenters. The summed E-state index contributed by atoms with van der Waals surface area (Å²) in [5.41, 5.74) is 3.39. The van der Waals surface area contributed by atoms with Gasteiger partial charge in [0, 0.05) is 18.2 Å². The summed E-state index contributed by atoms with van der Waals surface area (Å²) >= 11 is 0. The van der Waals surface area contributed by atoms with Gasteiger partial charge in [-0.3, -0.25) is 0 Å². The molecule has 4 rings (SSSR count). The summed E-state index contributed by atoms with van der Waals surface area (Å²) < 4.78 is 19.0. The fraction of sp³-hybridized carbons (Fsp3) is 0.200. The molecule has 2 aromatic carbocycles. The molecule has 29 heavy (non-hydrogen) atoms. The van der Waals surface area contributed by atoms with Crippen LogP contribution in [0, 0.1) is 6.92 Å². The van der Waals surface area contributed by atoms with E-state index in [4.69, 9.17) is 13.9 Å². The molecule has 148 valence electrons. The van der Waals surface area contributed by atoms with Crippen LogP contribution in [0.25, 0.3) is 16.9 Å². The van der Waals surface area contributed by atoms with Gasteiger partial charge in [-0.05, 0) is 41.1 Å². The summed E-state index contributed by atoms with van der Waals surface area (Å²) in [4.78, 5) is 16.6. The number of ether oxygens (including phenoxy) is 2. The highest BCUT2D eigenvalue weighted by molar-refractivity contribution is 5.66. The van der Waals surface area contributed by atoms with E-state index in [1.807, 2.05) is 43.3 Å². The van der Waals surface area contributed by atoms with Gasteiger partial charge in [-0.15, -0.1) is 0 Å². The topological polar surface area (TPSA) is 97.2 Å². The van der Waals surface area contributed by atoms with Crippen molar-refractivity contribution in [1.29, 1.82) is 0 Å². The summed E-state index contributed by atoms with van der Waals surface area (Å²) in [5.74, 6) is 0.690. The van der Waals surface area contributed by atoms with E-state index in [0.717, 1.165) is 16.7 Å². The fourth-order valence-corrected chi connectivity index (χ4v) is 2.98. The maximum absolute atomic E-state index is 12.2. The molecule has 2 heterocycles. The molecule has 0 bridgehead atoms. The van der Waals surface area contributed by atoms with Gasteiger partial charge in [0.25, 0.3) is 0 Å². The van der Waals surface area contributed by atoms with Crippen LogP contribution in [0.5, 0.6) is 11.8 Å². The zero-order valence-electron chi connectivity index (χ0n) is 16.2. The SMILES string of the molecule is COc1ccccc1-c1coc(OCc2c(C)cccc2-n2nnn(C)c2=O)n1. The highest BCUT2D eigenvalue weighted by Crippen LogP contribution is 2.30. The van der Waals surface area contributed by atoms with Crippen LogP contribution in [0.4, 0.5) is 0 Å². The zero-order valence-corrected chi connectivity index (χ0v) is 16.2. The van der Waals surface area contributed by atoms with Gasteiger partial charge >= 0.3 is 11.8 Å². The van der Waals surface area contributed by atoms with Crippen LogP contribution in [0.2, 0.25) is 0 Å². The van der Waals surface area contributed by atoms with Crippen LogP contribution in [-0.4, -0.2) is 31.9 Å². The highest BCUT2D eigenvalue weighted by atomic mass is 16.6. The Morgan fingerprint density at radius 2 is 1.93 bits per heavy atom. The quantitative estimate of drug-likeness (QED) is 0.496. The summed E-state index contributed by atoms with van der Waals surface area (Å²) in [7, 11) is 3.15. The molecule has 0 saturated carbocycles. The first kappa shape index (κ1) is 18.5. The summed E-state index contributed by atoms with van der Waals surface area (Å²) in [6.45, 7) is 2.08. The second kappa shape index (κ2) is 7.63. The van der Waals surface area contributed by atoms with Crippen LogP contribution in [-0.2, 0) is 13.7 Å². The van der Waals surface area contributed by atoms with Crippen molar-refractivity contribution in [3.8, 4) is 28.8 Å². The molecule has 0 saturated heterocycles. The van der Waals surface area contributed by atoms with Gasteiger partial charge in [-0.2, -0.15) is 14.3 Å². The molecule has 4 aromatic rings. The Morgan fingerprint density at radius 1 is 1.10 bits per heavy atom. The fourth-order valence-electron chi connectivity index (χ4n) is 2.98. The van der Waals surface area contributed by atoms with Crippen molar-refractivity contribution >= 4 is 0 Å². The van der Waals surface area contributed by atoms with Crippen molar-refractivity contribution in [2.45, 2.75) is 13.5 Å². The smallest absolute Gasteiger partial charge is 0.394 e. The Bertz CT molecular complexity index is 1210. The standard InChI is InChI=1S/C20H19N5O4/c1-13-7-6-9-17(25-20(26)24(2)22-23-25)15(13)11-28-19-21-16(12-29-19)14-8-4-5-10-18(14)27-3/h4-10,12H,11H2,1-3H3. The van der Waals surface area contributed by atoms with E-state index in [-0.39, 0.29) is 18.4 Å². The van der Waals surface area contributed by atoms with Crippen LogP contribution in [0.1, 0.15) is 11.1 Å². The second-order valence-electron chi connectivity index (χ2n) is 6.36. The van der Waals surface area contributed by atoms with Crippen molar-refractivity contribution in [2.24, 2.45) is 7.05 Å². The number of rotatable bonds is 6. The number of aryl methyl sites for hydroxylation is 2. The maximum Gasteiger partial charge on any atom is 0.394 e. The lowest BCUT2D eigenvalue weighted by Gasteiger charge is -2.11. The number of hydrogen-bond acceptors (Lipinski definition) is 7. The molecular formula is C20H19N5O4. The molecule has 0 amide bonds. The molecule has 9 nitrogen and oxygen atoms in total. The van der Waals surface area contributed by atoms with E-state index in [0.29, 0.717) is 17.1 Å². The Kier molecular flexibility index (Phi) is 4.86. The molecule has 0 aliphatic carbocycles. The molecule has 0 spiro atoms. The summed E-state index contributed by atoms with van der Waals surface area (Å²) in [6.07, 6.45) is 1.63. The monoisotopic (exact) mass is 393 g/mol. The minimum absolute atomic E-state index is 0.117. The number of methoxy groups -OCH3 is 1. The van der Waals surface area contributed by atoms with E-state index in [1.54, 1.807) is 20.2 Å². The molecule has 0 radical (unpaired) electrons. The van der Waals surface area contributed by atoms with Gasteiger partial charge in [-0.1, -0.05) is 24.3 Å². The average molecular weight is 393 g/mol. The van der Waals surface area contributed by atoms with Gasteiger partial charge in [0.05, 0.1) is 12.8 Å². The molecule has 0 N–H and O–H groups in total. The molecule has 0 aliphatic rings. The third kappa shape index (κ3) is 3.49. The Morgan fingerprint density at radius 3 is 2.69 bits per heavy atom. The number of tetrazole rings is 1. The van der Waals surface area contributed by atoms with E-state index >= 15 is 0 Å². The highest BCUT2D eigenvalue weighted by Gasteiger charge is 2.16. The average Bonchev–Trinajstić information content (AvgIpc) is 3.34. The lowest BCUT2D eigenvalue weighted by atomic mass is 10.1. The van der Waals surface area contributed by atoms with E-state index in [1.165, 1.54) is 15.6 Å². The van der Waals surface area contributed by atoms with E-state index in [2.05, 4.69) is 15.4 Å². The minimum atomic E-state index is -0.341. The largest absolute Gasteiger partial charge is 0.496 e. The second-order valence-corrected chi connectivity index (χ2v) is 6.36. The van der Waals surface area contributed by atoms with E-state index < -0.39 is 0 Å². The van der Waals surface area contributed by atoms with Gasteiger partial charge in [0.15, 0.2) is 0 Å². The van der Waals surface area contributed by atoms with Gasteiger partial charge in [-0.25, -0.2) is 4.79 Å². The molecule has 9 heteroatoms. The van der Waals surface area contributed by atoms with Crippen molar-refractivity contribution in [2.75, 3.05) is 7.11 Å². The minimum Gasteiger partial charge on any atom is -0.496 e. The molecule has 0 unspecified atom stereocenters. The first-order valence-corrected chi connectivity index (χ1v) is 8.88. The van der Waals surface area contributed by atoms with Crippen molar-refractivity contribution < 1.29 is 13.9 Å². The van der Waals surface area contributed by atoms with Gasteiger partial charge in [0.2, 0.25) is 0 Å². The van der Waals surface area contributed by atoms with Crippen molar-refractivity contribution in [3.63, 3.8) is 0 Å². The number of oxazole rings is 1. The van der Waals surface area contributed by atoms with Crippen LogP contribution < -0.4 is 15.2 Å². The summed E-state index contributed by atoms with van der Waals surface area (Å²) in [6, 6.07) is 13.1.